The fourth-order valence-electron chi connectivity index (χ4n) is 4.31. The Kier molecular flexibility index (Phi) is 7.54. The largest absolute Gasteiger partial charge is 0.356 e. The molecule has 1 unspecified atom stereocenters. The molecule has 0 aromatic carbocycles. The summed E-state index contributed by atoms with van der Waals surface area (Å²) in [6, 6.07) is 7.22. The molecule has 1 aromatic rings. The number of piperazine rings is 3. The van der Waals surface area contributed by atoms with Gasteiger partial charge in [-0.2, -0.15) is 0 Å². The van der Waals surface area contributed by atoms with Crippen LogP contribution in [0, 0.1) is 0 Å². The Morgan fingerprint density at radius 1 is 1.15 bits per heavy atom. The Balaban J connectivity index is 0.00000210. The smallest absolute Gasteiger partial charge is 0.191 e. The first-order valence-corrected chi connectivity index (χ1v) is 9.91. The van der Waals surface area contributed by atoms with E-state index < -0.39 is 0 Å². The van der Waals surface area contributed by atoms with Gasteiger partial charge in [0.2, 0.25) is 0 Å². The monoisotopic (exact) mass is 485 g/mol. The SMILES string of the molecule is CN=C(NCC1CN2CCN1CC2)NC1CCN(c2ccccn2)CC1.I. The van der Waals surface area contributed by atoms with Gasteiger partial charge in [0.1, 0.15) is 5.82 Å². The first-order chi connectivity index (χ1) is 12.8. The number of nitrogens with one attached hydrogen (secondary N) is 2. The lowest BCUT2D eigenvalue weighted by Crippen LogP contribution is -2.64. The summed E-state index contributed by atoms with van der Waals surface area (Å²) in [5.41, 5.74) is 0. The molecule has 4 aliphatic rings. The molecule has 4 aliphatic heterocycles. The number of rotatable bonds is 4. The number of anilines is 1. The fraction of sp³-hybridized carbons (Fsp3) is 0.684. The molecule has 1 aromatic heterocycles. The molecular formula is C19H32IN7. The van der Waals surface area contributed by atoms with Crippen molar-refractivity contribution in [2.45, 2.75) is 24.9 Å². The van der Waals surface area contributed by atoms with Crippen LogP contribution in [0.25, 0.3) is 0 Å². The van der Waals surface area contributed by atoms with Gasteiger partial charge in [0.15, 0.2) is 5.96 Å². The topological polar surface area (TPSA) is 59.0 Å². The molecule has 8 heteroatoms. The van der Waals surface area contributed by atoms with Gasteiger partial charge in [0, 0.05) is 77.7 Å². The maximum absolute atomic E-state index is 4.47. The van der Waals surface area contributed by atoms with Crippen molar-refractivity contribution < 1.29 is 0 Å². The minimum atomic E-state index is 0. The van der Waals surface area contributed by atoms with Crippen LogP contribution in [0.15, 0.2) is 29.4 Å². The molecule has 0 saturated carbocycles. The van der Waals surface area contributed by atoms with Crippen molar-refractivity contribution in [3.63, 3.8) is 0 Å². The minimum Gasteiger partial charge on any atom is -0.356 e. The van der Waals surface area contributed by atoms with E-state index in [0.29, 0.717) is 12.1 Å². The summed E-state index contributed by atoms with van der Waals surface area (Å²) in [6.45, 7) is 9.13. The van der Waals surface area contributed by atoms with Crippen molar-refractivity contribution in [1.29, 1.82) is 0 Å². The van der Waals surface area contributed by atoms with Gasteiger partial charge in [-0.1, -0.05) is 6.07 Å². The molecule has 0 amide bonds. The highest BCUT2D eigenvalue weighted by Crippen LogP contribution is 2.17. The van der Waals surface area contributed by atoms with Crippen LogP contribution in [-0.2, 0) is 0 Å². The van der Waals surface area contributed by atoms with Gasteiger partial charge in [-0.25, -0.2) is 4.98 Å². The second-order valence-electron chi connectivity index (χ2n) is 7.54. The van der Waals surface area contributed by atoms with Gasteiger partial charge >= 0.3 is 0 Å². The molecule has 1 atom stereocenters. The van der Waals surface area contributed by atoms with Crippen molar-refractivity contribution in [2.75, 3.05) is 64.3 Å². The van der Waals surface area contributed by atoms with Crippen LogP contribution < -0.4 is 15.5 Å². The lowest BCUT2D eigenvalue weighted by atomic mass is 10.1. The molecule has 150 valence electrons. The Hall–Kier alpha value is -1.13. The number of guanidine groups is 1. The van der Waals surface area contributed by atoms with Gasteiger partial charge in [-0.15, -0.1) is 24.0 Å². The lowest BCUT2D eigenvalue weighted by molar-refractivity contribution is 0.0154. The fourth-order valence-corrected chi connectivity index (χ4v) is 4.31. The second kappa shape index (κ2) is 9.88. The molecule has 0 aliphatic carbocycles. The quantitative estimate of drug-likeness (QED) is 0.375. The van der Waals surface area contributed by atoms with Crippen molar-refractivity contribution in [3.05, 3.63) is 24.4 Å². The molecule has 2 bridgehead atoms. The molecule has 27 heavy (non-hydrogen) atoms. The van der Waals surface area contributed by atoms with Crippen LogP contribution in [0.3, 0.4) is 0 Å². The summed E-state index contributed by atoms with van der Waals surface area (Å²) >= 11 is 0. The number of hydrogen-bond donors (Lipinski definition) is 2. The van der Waals surface area contributed by atoms with E-state index in [2.05, 4.69) is 47.4 Å². The van der Waals surface area contributed by atoms with Crippen LogP contribution in [0.4, 0.5) is 5.82 Å². The standard InChI is InChI=1S/C19H31N7.HI/c1-20-19(22-14-17-15-24-10-12-25(17)13-11-24)23-16-5-8-26(9-6-16)18-4-2-3-7-21-18;/h2-4,7,16-17H,5-6,8-15H2,1H3,(H2,20,22,23);1H. The zero-order chi connectivity index (χ0) is 17.8. The van der Waals surface area contributed by atoms with E-state index in [-0.39, 0.29) is 24.0 Å². The third-order valence-corrected chi connectivity index (χ3v) is 5.93. The van der Waals surface area contributed by atoms with Crippen LogP contribution >= 0.6 is 24.0 Å². The lowest BCUT2D eigenvalue weighted by Gasteiger charge is -2.47. The van der Waals surface area contributed by atoms with E-state index in [1.54, 1.807) is 0 Å². The minimum absolute atomic E-state index is 0. The number of nitrogens with zero attached hydrogens (tertiary/aromatic N) is 5. The van der Waals surface area contributed by atoms with Gasteiger partial charge in [-0.3, -0.25) is 14.8 Å². The zero-order valence-electron chi connectivity index (χ0n) is 16.2. The first-order valence-electron chi connectivity index (χ1n) is 9.91. The molecule has 4 saturated heterocycles. The summed E-state index contributed by atoms with van der Waals surface area (Å²) in [5.74, 6) is 2.03. The summed E-state index contributed by atoms with van der Waals surface area (Å²) in [7, 11) is 1.87. The maximum Gasteiger partial charge on any atom is 0.191 e. The molecule has 2 N–H and O–H groups in total. The third-order valence-electron chi connectivity index (χ3n) is 5.93. The van der Waals surface area contributed by atoms with Gasteiger partial charge in [0.05, 0.1) is 0 Å². The number of hydrogen-bond acceptors (Lipinski definition) is 5. The summed E-state index contributed by atoms with van der Waals surface area (Å²) in [6.07, 6.45) is 4.09. The van der Waals surface area contributed by atoms with Crippen LogP contribution in [0.2, 0.25) is 0 Å². The van der Waals surface area contributed by atoms with E-state index in [1.807, 2.05) is 19.3 Å². The average molecular weight is 485 g/mol. The van der Waals surface area contributed by atoms with E-state index in [4.69, 9.17) is 0 Å². The molecule has 7 nitrogen and oxygen atoms in total. The number of aliphatic imine (C=N–C) groups is 1. The Morgan fingerprint density at radius 3 is 2.52 bits per heavy atom. The average Bonchev–Trinajstić information content (AvgIpc) is 2.73. The van der Waals surface area contributed by atoms with E-state index in [1.165, 1.54) is 32.7 Å². The molecule has 0 radical (unpaired) electrons. The predicted octanol–water partition coefficient (Wildman–Crippen LogP) is 0.833. The summed E-state index contributed by atoms with van der Waals surface area (Å²) in [5, 5.41) is 7.18. The van der Waals surface area contributed by atoms with Crippen LogP contribution in [0.1, 0.15) is 12.8 Å². The number of pyridine rings is 1. The van der Waals surface area contributed by atoms with Crippen molar-refractivity contribution in [1.82, 2.24) is 25.4 Å². The molecule has 5 heterocycles. The Bertz CT molecular complexity index is 595. The number of halogens is 1. The maximum atomic E-state index is 4.47. The van der Waals surface area contributed by atoms with Crippen LogP contribution in [0.5, 0.6) is 0 Å². The second-order valence-corrected chi connectivity index (χ2v) is 7.54. The van der Waals surface area contributed by atoms with Gasteiger partial charge in [-0.05, 0) is 25.0 Å². The first kappa shape index (κ1) is 20.6. The summed E-state index contributed by atoms with van der Waals surface area (Å²) < 4.78 is 0. The molecule has 4 fully saturated rings. The molecule has 0 spiro atoms. The van der Waals surface area contributed by atoms with E-state index in [9.17, 15) is 0 Å². The van der Waals surface area contributed by atoms with Crippen molar-refractivity contribution >= 4 is 35.8 Å². The predicted molar refractivity (Wildman–Crippen MR) is 121 cm³/mol. The summed E-state index contributed by atoms with van der Waals surface area (Å²) in [4.78, 5) is 16.5. The van der Waals surface area contributed by atoms with Crippen molar-refractivity contribution in [2.24, 2.45) is 4.99 Å². The normalized spacial score (nSPS) is 28.6. The Labute approximate surface area is 179 Å². The van der Waals surface area contributed by atoms with Gasteiger partial charge < -0.3 is 15.5 Å². The van der Waals surface area contributed by atoms with Crippen LogP contribution in [-0.4, -0.2) is 92.2 Å². The third kappa shape index (κ3) is 5.23. The Morgan fingerprint density at radius 2 is 1.93 bits per heavy atom. The highest BCUT2D eigenvalue weighted by atomic mass is 127. The molecule has 5 rings (SSSR count). The van der Waals surface area contributed by atoms with Crippen molar-refractivity contribution in [3.8, 4) is 0 Å². The highest BCUT2D eigenvalue weighted by molar-refractivity contribution is 14.0. The number of aromatic nitrogens is 1. The van der Waals surface area contributed by atoms with Gasteiger partial charge in [0.25, 0.3) is 0 Å². The highest BCUT2D eigenvalue weighted by Gasteiger charge is 2.31. The van der Waals surface area contributed by atoms with E-state index in [0.717, 1.165) is 44.3 Å². The zero-order valence-corrected chi connectivity index (χ0v) is 18.5. The number of fused-ring (bicyclic) bond motifs is 3. The number of piperidine rings is 1. The van der Waals surface area contributed by atoms with E-state index >= 15 is 0 Å². The molecular weight excluding hydrogens is 453 g/mol.